The van der Waals surface area contributed by atoms with Crippen molar-refractivity contribution >= 4 is 29.5 Å². The molecule has 0 radical (unpaired) electrons. The van der Waals surface area contributed by atoms with Crippen LogP contribution in [-0.2, 0) is 19.1 Å². The molecule has 2 aliphatic carbocycles. The lowest BCUT2D eigenvalue weighted by atomic mass is 9.81. The minimum Gasteiger partial charge on any atom is -0.497 e. The van der Waals surface area contributed by atoms with Gasteiger partial charge in [0.1, 0.15) is 17.5 Å². The first-order chi connectivity index (χ1) is 19.2. The number of methoxy groups -OCH3 is 1. The molecule has 0 spiro atoms. The summed E-state index contributed by atoms with van der Waals surface area (Å²) in [7, 11) is 1.50. The Balaban J connectivity index is 1.20. The van der Waals surface area contributed by atoms with Gasteiger partial charge in [-0.05, 0) is 85.9 Å². The number of hydrogen-bond donors (Lipinski definition) is 0. The molecule has 2 aromatic rings. The third-order valence-corrected chi connectivity index (χ3v) is 8.28. The summed E-state index contributed by atoms with van der Waals surface area (Å²) >= 11 is 0. The SMILES string of the molecule is COc1cccc(C(=O)Oc2ccc(C(=O)COC(=O)C(CC(C)C)N3C(=O)C4C5CCC(C5)C4C3=O)cc2)c1. The Morgan fingerprint density at radius 1 is 0.900 bits per heavy atom. The highest BCUT2D eigenvalue weighted by molar-refractivity contribution is 6.09. The van der Waals surface area contributed by atoms with Crippen LogP contribution in [0.2, 0.25) is 0 Å². The number of fused-ring (bicyclic) bond motifs is 5. The maximum absolute atomic E-state index is 13.3. The summed E-state index contributed by atoms with van der Waals surface area (Å²) in [6.07, 6.45) is 3.08. The highest BCUT2D eigenvalue weighted by Gasteiger charge is 2.62. The van der Waals surface area contributed by atoms with Gasteiger partial charge >= 0.3 is 11.9 Å². The molecule has 5 atom stereocenters. The van der Waals surface area contributed by atoms with E-state index in [0.717, 1.165) is 24.2 Å². The zero-order valence-electron chi connectivity index (χ0n) is 22.8. The summed E-state index contributed by atoms with van der Waals surface area (Å²) in [6.45, 7) is 3.28. The van der Waals surface area contributed by atoms with Crippen molar-refractivity contribution in [3.8, 4) is 11.5 Å². The van der Waals surface area contributed by atoms with Crippen LogP contribution in [0, 0.1) is 29.6 Å². The Morgan fingerprint density at radius 3 is 2.15 bits per heavy atom. The fraction of sp³-hybridized carbons (Fsp3) is 0.452. The average molecular weight is 548 g/mol. The molecule has 40 heavy (non-hydrogen) atoms. The number of ketones is 1. The van der Waals surface area contributed by atoms with Gasteiger partial charge in [-0.25, -0.2) is 9.59 Å². The third kappa shape index (κ3) is 5.24. The van der Waals surface area contributed by atoms with E-state index in [1.165, 1.54) is 31.4 Å². The fourth-order valence-electron chi connectivity index (χ4n) is 6.43. The van der Waals surface area contributed by atoms with Gasteiger partial charge < -0.3 is 14.2 Å². The molecule has 1 saturated heterocycles. The molecule has 2 amide bonds. The molecule has 1 aliphatic heterocycles. The quantitative estimate of drug-likeness (QED) is 0.189. The number of likely N-dealkylation sites (tertiary alicyclic amines) is 1. The first kappa shape index (κ1) is 27.6. The van der Waals surface area contributed by atoms with Gasteiger partial charge in [0.15, 0.2) is 12.4 Å². The van der Waals surface area contributed by atoms with Gasteiger partial charge in [-0.1, -0.05) is 19.9 Å². The number of ether oxygens (including phenoxy) is 3. The normalized spacial score (nSPS) is 23.8. The number of nitrogens with zero attached hydrogens (tertiary/aromatic N) is 1. The molecule has 0 aromatic heterocycles. The second-order valence-corrected chi connectivity index (χ2v) is 11.3. The van der Waals surface area contributed by atoms with Crippen LogP contribution in [0.5, 0.6) is 11.5 Å². The monoisotopic (exact) mass is 547 g/mol. The minimum absolute atomic E-state index is 0.0261. The largest absolute Gasteiger partial charge is 0.497 e. The summed E-state index contributed by atoms with van der Waals surface area (Å²) in [5, 5.41) is 0. The van der Waals surface area contributed by atoms with E-state index in [1.807, 2.05) is 13.8 Å². The van der Waals surface area contributed by atoms with Gasteiger partial charge in [-0.2, -0.15) is 0 Å². The number of hydrogen-bond acceptors (Lipinski definition) is 8. The van der Waals surface area contributed by atoms with Gasteiger partial charge in [-0.3, -0.25) is 19.3 Å². The van der Waals surface area contributed by atoms with Crippen LogP contribution in [0.1, 0.15) is 60.2 Å². The van der Waals surface area contributed by atoms with Crippen molar-refractivity contribution in [1.82, 2.24) is 4.90 Å². The number of benzene rings is 2. The zero-order valence-corrected chi connectivity index (χ0v) is 22.8. The highest BCUT2D eigenvalue weighted by Crippen LogP contribution is 2.56. The fourth-order valence-corrected chi connectivity index (χ4v) is 6.43. The molecule has 2 saturated carbocycles. The molecule has 210 valence electrons. The van der Waals surface area contributed by atoms with E-state index >= 15 is 0 Å². The lowest BCUT2D eigenvalue weighted by Crippen LogP contribution is -2.48. The van der Waals surface area contributed by atoms with Crippen LogP contribution < -0.4 is 9.47 Å². The topological polar surface area (TPSA) is 116 Å². The molecular weight excluding hydrogens is 514 g/mol. The van der Waals surface area contributed by atoms with Crippen molar-refractivity contribution in [3.05, 3.63) is 59.7 Å². The summed E-state index contributed by atoms with van der Waals surface area (Å²) in [4.78, 5) is 66.1. The number of carbonyl (C=O) groups excluding carboxylic acids is 5. The molecule has 9 nitrogen and oxygen atoms in total. The van der Waals surface area contributed by atoms with E-state index in [4.69, 9.17) is 14.2 Å². The number of amides is 2. The van der Waals surface area contributed by atoms with Crippen LogP contribution in [0.15, 0.2) is 48.5 Å². The number of esters is 2. The van der Waals surface area contributed by atoms with Crippen molar-refractivity contribution in [2.24, 2.45) is 29.6 Å². The Hall–Kier alpha value is -4.01. The van der Waals surface area contributed by atoms with Crippen molar-refractivity contribution in [1.29, 1.82) is 0 Å². The third-order valence-electron chi connectivity index (χ3n) is 8.28. The second-order valence-electron chi connectivity index (χ2n) is 11.3. The Kier molecular flexibility index (Phi) is 7.74. The molecule has 1 heterocycles. The molecular formula is C31H33NO8. The van der Waals surface area contributed by atoms with Gasteiger partial charge in [0.05, 0.1) is 24.5 Å². The summed E-state index contributed by atoms with van der Waals surface area (Å²) < 4.78 is 15.9. The highest BCUT2D eigenvalue weighted by atomic mass is 16.5. The molecule has 5 unspecified atom stereocenters. The van der Waals surface area contributed by atoms with Crippen LogP contribution in [0.3, 0.4) is 0 Å². The van der Waals surface area contributed by atoms with E-state index in [0.29, 0.717) is 11.3 Å². The van der Waals surface area contributed by atoms with Crippen molar-refractivity contribution in [2.75, 3.05) is 13.7 Å². The first-order valence-electron chi connectivity index (χ1n) is 13.7. The Morgan fingerprint density at radius 2 is 1.55 bits per heavy atom. The summed E-state index contributed by atoms with van der Waals surface area (Å²) in [5.41, 5.74) is 0.572. The molecule has 2 aromatic carbocycles. The number of carbonyl (C=O) groups is 5. The van der Waals surface area contributed by atoms with E-state index in [-0.39, 0.29) is 59.1 Å². The van der Waals surface area contributed by atoms with Gasteiger partial charge in [-0.15, -0.1) is 0 Å². The van der Waals surface area contributed by atoms with Crippen LogP contribution in [0.4, 0.5) is 0 Å². The minimum atomic E-state index is -1.05. The molecule has 3 aliphatic rings. The zero-order chi connectivity index (χ0) is 28.6. The molecule has 5 rings (SSSR count). The number of rotatable bonds is 10. The van der Waals surface area contributed by atoms with Crippen LogP contribution in [0.25, 0.3) is 0 Å². The molecule has 0 N–H and O–H groups in total. The van der Waals surface area contributed by atoms with Crippen molar-refractivity contribution in [2.45, 2.75) is 45.6 Å². The van der Waals surface area contributed by atoms with Crippen LogP contribution in [-0.4, -0.2) is 54.2 Å². The lowest BCUT2D eigenvalue weighted by Gasteiger charge is -2.27. The predicted molar refractivity (Wildman–Crippen MR) is 143 cm³/mol. The molecule has 3 fully saturated rings. The smallest absolute Gasteiger partial charge is 0.343 e. The standard InChI is InChI=1S/C31H33NO8/c1-17(2)13-24(32-28(34)26-19-7-8-20(14-19)27(26)29(32)35)31(37)39-16-25(33)18-9-11-22(12-10-18)40-30(36)21-5-4-6-23(15-21)38-3/h4-6,9-12,15,17,19-20,24,26-27H,7-8,13-14,16H2,1-3H3. The van der Waals surface area contributed by atoms with Crippen LogP contribution >= 0.6 is 0 Å². The first-order valence-corrected chi connectivity index (χ1v) is 13.7. The predicted octanol–water partition coefficient (Wildman–Crippen LogP) is 4.09. The number of Topliss-reactive ketones (excluding diaryl/α,β-unsaturated/α-hetero) is 1. The van der Waals surface area contributed by atoms with Crippen molar-refractivity contribution in [3.63, 3.8) is 0 Å². The Labute approximate surface area is 232 Å². The number of imide groups is 1. The lowest BCUT2D eigenvalue weighted by molar-refractivity contribution is -0.159. The van der Waals surface area contributed by atoms with E-state index in [9.17, 15) is 24.0 Å². The van der Waals surface area contributed by atoms with E-state index in [1.54, 1.807) is 24.3 Å². The molecule has 2 bridgehead atoms. The summed E-state index contributed by atoms with van der Waals surface area (Å²) in [5.74, 6) is -1.76. The van der Waals surface area contributed by atoms with Gasteiger partial charge in [0, 0.05) is 5.56 Å². The van der Waals surface area contributed by atoms with Gasteiger partial charge in [0.25, 0.3) is 0 Å². The van der Waals surface area contributed by atoms with Crippen molar-refractivity contribution < 1.29 is 38.2 Å². The van der Waals surface area contributed by atoms with Gasteiger partial charge in [0.2, 0.25) is 11.8 Å². The summed E-state index contributed by atoms with van der Waals surface area (Å²) in [6, 6.07) is 11.4. The second kappa shape index (κ2) is 11.2. The van der Waals surface area contributed by atoms with E-state index in [2.05, 4.69) is 0 Å². The maximum Gasteiger partial charge on any atom is 0.343 e. The Bertz CT molecular complexity index is 1310. The maximum atomic E-state index is 13.3. The molecule has 9 heteroatoms. The average Bonchev–Trinajstić information content (AvgIpc) is 3.64. The van der Waals surface area contributed by atoms with E-state index < -0.39 is 30.4 Å².